The van der Waals surface area contributed by atoms with E-state index in [4.69, 9.17) is 23.2 Å². The molecule has 92 valence electrons. The number of nitrogens with one attached hydrogen (secondary N) is 1. The zero-order valence-electron chi connectivity index (χ0n) is 9.81. The van der Waals surface area contributed by atoms with Crippen molar-refractivity contribution in [3.8, 4) is 0 Å². The minimum atomic E-state index is 0. The Kier molecular flexibility index (Phi) is 6.73. The summed E-state index contributed by atoms with van der Waals surface area (Å²) < 4.78 is 0. The Morgan fingerprint density at radius 1 is 1.19 bits per heavy atom. The van der Waals surface area contributed by atoms with Crippen LogP contribution in [-0.4, -0.2) is 5.54 Å². The first kappa shape index (κ1) is 16.1. The van der Waals surface area contributed by atoms with Crippen molar-refractivity contribution < 1.29 is 0 Å². The summed E-state index contributed by atoms with van der Waals surface area (Å²) in [5, 5.41) is 4.89. The number of halogens is 3. The summed E-state index contributed by atoms with van der Waals surface area (Å²) >= 11 is 12.2. The third kappa shape index (κ3) is 4.50. The van der Waals surface area contributed by atoms with Crippen LogP contribution in [0.1, 0.15) is 32.8 Å². The second-order valence-electron chi connectivity index (χ2n) is 4.29. The van der Waals surface area contributed by atoms with Crippen molar-refractivity contribution in [3.05, 3.63) is 33.8 Å². The van der Waals surface area contributed by atoms with Crippen LogP contribution in [0.2, 0.25) is 10.0 Å². The van der Waals surface area contributed by atoms with Gasteiger partial charge in [0.15, 0.2) is 0 Å². The van der Waals surface area contributed by atoms with Gasteiger partial charge >= 0.3 is 0 Å². The molecule has 0 fully saturated rings. The molecule has 0 unspecified atom stereocenters. The quantitative estimate of drug-likeness (QED) is 0.844. The van der Waals surface area contributed by atoms with E-state index in [-0.39, 0.29) is 17.9 Å². The fourth-order valence-corrected chi connectivity index (χ4v) is 1.68. The summed E-state index contributed by atoms with van der Waals surface area (Å²) in [5.41, 5.74) is 1.09. The Balaban J connectivity index is 0.00000225. The van der Waals surface area contributed by atoms with E-state index in [0.29, 0.717) is 6.54 Å². The largest absolute Gasteiger partial charge is 0.308 e. The van der Waals surface area contributed by atoms with Crippen LogP contribution in [0.25, 0.3) is 0 Å². The van der Waals surface area contributed by atoms with Gasteiger partial charge in [-0.15, -0.1) is 12.4 Å². The van der Waals surface area contributed by atoms with Gasteiger partial charge < -0.3 is 5.32 Å². The third-order valence-electron chi connectivity index (χ3n) is 2.69. The summed E-state index contributed by atoms with van der Waals surface area (Å²) in [7, 11) is 0. The molecule has 1 aromatic carbocycles. The molecule has 0 heterocycles. The lowest BCUT2D eigenvalue weighted by atomic mass is 10.0. The highest BCUT2D eigenvalue weighted by atomic mass is 35.5. The van der Waals surface area contributed by atoms with Gasteiger partial charge in [0.25, 0.3) is 0 Å². The molecule has 16 heavy (non-hydrogen) atoms. The first-order valence-corrected chi connectivity index (χ1v) is 5.90. The molecule has 1 N–H and O–H groups in total. The molecule has 0 aliphatic heterocycles. The lowest BCUT2D eigenvalue weighted by molar-refractivity contribution is 0.374. The summed E-state index contributed by atoms with van der Waals surface area (Å²) in [6.07, 6.45) is 1.06. The van der Waals surface area contributed by atoms with Gasteiger partial charge in [-0.3, -0.25) is 0 Å². The first-order chi connectivity index (χ1) is 6.96. The number of benzene rings is 1. The molecule has 1 rings (SSSR count). The van der Waals surface area contributed by atoms with E-state index >= 15 is 0 Å². The van der Waals surface area contributed by atoms with Crippen LogP contribution in [0.15, 0.2) is 18.2 Å². The smallest absolute Gasteiger partial charge is 0.0465 e. The van der Waals surface area contributed by atoms with Crippen molar-refractivity contribution in [2.45, 2.75) is 39.3 Å². The van der Waals surface area contributed by atoms with Crippen molar-refractivity contribution >= 4 is 35.6 Å². The fourth-order valence-electron chi connectivity index (χ4n) is 1.15. The van der Waals surface area contributed by atoms with Gasteiger partial charge in [0, 0.05) is 27.7 Å². The molecule has 0 saturated heterocycles. The van der Waals surface area contributed by atoms with Crippen LogP contribution in [-0.2, 0) is 6.54 Å². The Labute approximate surface area is 114 Å². The topological polar surface area (TPSA) is 12.0 Å². The van der Waals surface area contributed by atoms with Gasteiger partial charge in [-0.2, -0.15) is 0 Å². The molecule has 0 saturated carbocycles. The van der Waals surface area contributed by atoms with E-state index in [2.05, 4.69) is 26.1 Å². The normalized spacial score (nSPS) is 11.1. The second-order valence-corrected chi connectivity index (χ2v) is 5.11. The molecule has 0 spiro atoms. The lowest BCUT2D eigenvalue weighted by Gasteiger charge is -2.25. The maximum atomic E-state index is 6.08. The van der Waals surface area contributed by atoms with Crippen LogP contribution < -0.4 is 5.32 Å². The van der Waals surface area contributed by atoms with E-state index in [1.54, 1.807) is 0 Å². The van der Waals surface area contributed by atoms with Gasteiger partial charge in [0.1, 0.15) is 0 Å². The minimum absolute atomic E-state index is 0. The van der Waals surface area contributed by atoms with Gasteiger partial charge in [-0.25, -0.2) is 0 Å². The first-order valence-electron chi connectivity index (χ1n) is 5.14. The van der Waals surface area contributed by atoms with Crippen LogP contribution in [0.5, 0.6) is 0 Å². The Bertz CT molecular complexity index is 317. The number of rotatable bonds is 4. The number of hydrogen-bond acceptors (Lipinski definition) is 1. The molecule has 0 aromatic heterocycles. The maximum absolute atomic E-state index is 6.08. The number of hydrogen-bond donors (Lipinski definition) is 1. The molecular weight excluding hydrogens is 264 g/mol. The molecule has 0 aliphatic rings. The zero-order chi connectivity index (χ0) is 11.5. The predicted octanol–water partition coefficient (Wildman–Crippen LogP) is 4.69. The SMILES string of the molecule is CCC(C)(C)NCc1c(Cl)cccc1Cl.Cl. The zero-order valence-corrected chi connectivity index (χ0v) is 12.1. The van der Waals surface area contributed by atoms with Crippen LogP contribution in [0, 0.1) is 0 Å². The van der Waals surface area contributed by atoms with Gasteiger partial charge in [0.05, 0.1) is 0 Å². The van der Waals surface area contributed by atoms with E-state index in [1.807, 2.05) is 18.2 Å². The van der Waals surface area contributed by atoms with Crippen LogP contribution in [0.3, 0.4) is 0 Å². The maximum Gasteiger partial charge on any atom is 0.0465 e. The molecule has 1 nitrogen and oxygen atoms in total. The summed E-state index contributed by atoms with van der Waals surface area (Å²) in [5.74, 6) is 0. The summed E-state index contributed by atoms with van der Waals surface area (Å²) in [6.45, 7) is 7.19. The van der Waals surface area contributed by atoms with Crippen molar-refractivity contribution in [1.82, 2.24) is 5.32 Å². The van der Waals surface area contributed by atoms with Crippen molar-refractivity contribution in [3.63, 3.8) is 0 Å². The van der Waals surface area contributed by atoms with Crippen LogP contribution in [0.4, 0.5) is 0 Å². The predicted molar refractivity (Wildman–Crippen MR) is 74.9 cm³/mol. The third-order valence-corrected chi connectivity index (χ3v) is 3.40. The van der Waals surface area contributed by atoms with Gasteiger partial charge in [0.2, 0.25) is 0 Å². The van der Waals surface area contributed by atoms with Crippen molar-refractivity contribution in [1.29, 1.82) is 0 Å². The highest BCUT2D eigenvalue weighted by Gasteiger charge is 2.15. The second kappa shape index (κ2) is 6.70. The molecule has 0 radical (unpaired) electrons. The summed E-state index contributed by atoms with van der Waals surface area (Å²) in [6, 6.07) is 5.59. The molecule has 0 aliphatic carbocycles. The Morgan fingerprint density at radius 3 is 2.12 bits per heavy atom. The van der Waals surface area contributed by atoms with Crippen LogP contribution >= 0.6 is 35.6 Å². The van der Waals surface area contributed by atoms with Gasteiger partial charge in [-0.05, 0) is 32.4 Å². The molecular formula is C12H18Cl3N. The molecule has 4 heteroatoms. The minimum Gasteiger partial charge on any atom is -0.308 e. The highest BCUT2D eigenvalue weighted by molar-refractivity contribution is 6.35. The molecule has 0 bridgehead atoms. The van der Waals surface area contributed by atoms with Crippen molar-refractivity contribution in [2.24, 2.45) is 0 Å². The van der Waals surface area contributed by atoms with Crippen molar-refractivity contribution in [2.75, 3.05) is 0 Å². The Morgan fingerprint density at radius 2 is 1.69 bits per heavy atom. The average molecular weight is 283 g/mol. The summed E-state index contributed by atoms with van der Waals surface area (Å²) in [4.78, 5) is 0. The lowest BCUT2D eigenvalue weighted by Crippen LogP contribution is -2.37. The molecule has 0 amide bonds. The average Bonchev–Trinajstić information content (AvgIpc) is 2.17. The fraction of sp³-hybridized carbons (Fsp3) is 0.500. The van der Waals surface area contributed by atoms with E-state index in [1.165, 1.54) is 0 Å². The van der Waals surface area contributed by atoms with Gasteiger partial charge in [-0.1, -0.05) is 36.2 Å². The Hall–Kier alpha value is 0.0500. The molecule has 1 aromatic rings. The monoisotopic (exact) mass is 281 g/mol. The highest BCUT2D eigenvalue weighted by Crippen LogP contribution is 2.24. The standard InChI is InChI=1S/C12H17Cl2N.ClH/c1-4-12(2,3)15-8-9-10(13)6-5-7-11(9)14;/h5-7,15H,4,8H2,1-3H3;1H. The van der Waals surface area contributed by atoms with E-state index in [0.717, 1.165) is 22.0 Å². The van der Waals surface area contributed by atoms with E-state index < -0.39 is 0 Å². The van der Waals surface area contributed by atoms with E-state index in [9.17, 15) is 0 Å². The molecule has 0 atom stereocenters.